The van der Waals surface area contributed by atoms with E-state index in [4.69, 9.17) is 0 Å². The maximum atomic E-state index is 4.53. The van der Waals surface area contributed by atoms with Crippen LogP contribution in [0, 0.1) is 0 Å². The molecule has 3 heterocycles. The molecule has 1 aromatic rings. The number of likely N-dealkylation sites (tertiary alicyclic amines) is 1. The van der Waals surface area contributed by atoms with E-state index < -0.39 is 0 Å². The third kappa shape index (κ3) is 4.22. The van der Waals surface area contributed by atoms with E-state index in [1.165, 1.54) is 30.8 Å². The first-order valence-electron chi connectivity index (χ1n) is 9.30. The fourth-order valence-electron chi connectivity index (χ4n) is 3.84. The Labute approximate surface area is 150 Å². The number of piperidine rings is 1. The summed E-state index contributed by atoms with van der Waals surface area (Å²) in [6, 6.07) is 5.01. The number of thiophene rings is 1. The molecule has 5 nitrogen and oxygen atoms in total. The van der Waals surface area contributed by atoms with Gasteiger partial charge in [-0.3, -0.25) is 9.89 Å². The van der Waals surface area contributed by atoms with Crippen molar-refractivity contribution in [1.29, 1.82) is 0 Å². The molecule has 2 saturated heterocycles. The Hall–Kier alpha value is -1.27. The second-order valence-electron chi connectivity index (χ2n) is 6.63. The molecule has 1 aromatic heterocycles. The van der Waals surface area contributed by atoms with Gasteiger partial charge in [0.25, 0.3) is 0 Å². The SMILES string of the molecule is CCN1CCCCC1CNC(=NC)N1CCN(c2cccs2)CC1. The third-order valence-corrected chi connectivity index (χ3v) is 6.19. The fraction of sp³-hybridized carbons (Fsp3) is 0.722. The van der Waals surface area contributed by atoms with E-state index in [9.17, 15) is 0 Å². The van der Waals surface area contributed by atoms with Gasteiger partial charge >= 0.3 is 0 Å². The van der Waals surface area contributed by atoms with Crippen molar-refractivity contribution in [1.82, 2.24) is 15.1 Å². The topological polar surface area (TPSA) is 34.1 Å². The Morgan fingerprint density at radius 1 is 1.25 bits per heavy atom. The second-order valence-corrected chi connectivity index (χ2v) is 7.56. The van der Waals surface area contributed by atoms with E-state index in [0.29, 0.717) is 6.04 Å². The summed E-state index contributed by atoms with van der Waals surface area (Å²) in [6.45, 7) is 9.94. The molecule has 3 rings (SSSR count). The lowest BCUT2D eigenvalue weighted by molar-refractivity contribution is 0.156. The molecule has 1 N–H and O–H groups in total. The number of nitrogens with zero attached hydrogens (tertiary/aromatic N) is 4. The van der Waals surface area contributed by atoms with Gasteiger partial charge in [-0.05, 0) is 43.4 Å². The number of hydrogen-bond donors (Lipinski definition) is 1. The van der Waals surface area contributed by atoms with Crippen molar-refractivity contribution in [2.75, 3.05) is 57.8 Å². The van der Waals surface area contributed by atoms with Crippen LogP contribution >= 0.6 is 11.3 Å². The average molecular weight is 350 g/mol. The van der Waals surface area contributed by atoms with Gasteiger partial charge in [0.05, 0.1) is 5.00 Å². The maximum absolute atomic E-state index is 4.53. The van der Waals surface area contributed by atoms with Gasteiger partial charge in [0, 0.05) is 45.8 Å². The van der Waals surface area contributed by atoms with E-state index in [1.807, 2.05) is 18.4 Å². The first-order chi connectivity index (χ1) is 11.8. The van der Waals surface area contributed by atoms with Crippen LogP contribution in [0.2, 0.25) is 0 Å². The van der Waals surface area contributed by atoms with Crippen molar-refractivity contribution in [2.24, 2.45) is 4.99 Å². The highest BCUT2D eigenvalue weighted by Crippen LogP contribution is 2.22. The van der Waals surface area contributed by atoms with Crippen molar-refractivity contribution >= 4 is 22.3 Å². The minimum absolute atomic E-state index is 0.660. The monoisotopic (exact) mass is 349 g/mol. The Bertz CT molecular complexity index is 507. The molecule has 2 aliphatic heterocycles. The molecule has 134 valence electrons. The van der Waals surface area contributed by atoms with E-state index in [2.05, 4.69) is 49.4 Å². The molecule has 2 aliphatic rings. The highest BCUT2D eigenvalue weighted by atomic mass is 32.1. The van der Waals surface area contributed by atoms with Crippen LogP contribution in [-0.4, -0.2) is 74.7 Å². The molecule has 0 bridgehead atoms. The van der Waals surface area contributed by atoms with Crippen LogP contribution in [-0.2, 0) is 0 Å². The Morgan fingerprint density at radius 2 is 2.08 bits per heavy atom. The molecule has 0 radical (unpaired) electrons. The summed E-state index contributed by atoms with van der Waals surface area (Å²) in [5.41, 5.74) is 0. The molecule has 0 aliphatic carbocycles. The standard InChI is InChI=1S/C18H31N5S/c1-3-21-9-5-4-7-16(21)15-20-18(19-2)23-12-10-22(11-13-23)17-8-6-14-24-17/h6,8,14,16H,3-5,7,9-13,15H2,1-2H3,(H,19,20). The fourth-order valence-corrected chi connectivity index (χ4v) is 4.62. The average Bonchev–Trinajstić information content (AvgIpc) is 3.18. The van der Waals surface area contributed by atoms with Crippen molar-refractivity contribution in [3.63, 3.8) is 0 Å². The summed E-state index contributed by atoms with van der Waals surface area (Å²) in [7, 11) is 1.91. The second kappa shape index (κ2) is 8.72. The molecule has 1 unspecified atom stereocenters. The summed E-state index contributed by atoms with van der Waals surface area (Å²) >= 11 is 1.83. The highest BCUT2D eigenvalue weighted by Gasteiger charge is 2.23. The lowest BCUT2D eigenvalue weighted by Gasteiger charge is -2.39. The Balaban J connectivity index is 1.48. The van der Waals surface area contributed by atoms with Crippen LogP contribution in [0.1, 0.15) is 26.2 Å². The predicted octanol–water partition coefficient (Wildman–Crippen LogP) is 2.32. The molecule has 0 saturated carbocycles. The van der Waals surface area contributed by atoms with Gasteiger partial charge in [0.15, 0.2) is 5.96 Å². The number of guanidine groups is 1. The molecule has 2 fully saturated rings. The number of aliphatic imine (C=N–C) groups is 1. The molecular formula is C18H31N5S. The van der Waals surface area contributed by atoms with Gasteiger partial charge in [-0.2, -0.15) is 0 Å². The van der Waals surface area contributed by atoms with Gasteiger partial charge in [-0.15, -0.1) is 11.3 Å². The van der Waals surface area contributed by atoms with Gasteiger partial charge in [0.1, 0.15) is 0 Å². The minimum Gasteiger partial charge on any atom is -0.360 e. The van der Waals surface area contributed by atoms with Gasteiger partial charge < -0.3 is 15.1 Å². The van der Waals surface area contributed by atoms with E-state index in [-0.39, 0.29) is 0 Å². The zero-order valence-corrected chi connectivity index (χ0v) is 15.9. The molecule has 0 amide bonds. The summed E-state index contributed by atoms with van der Waals surface area (Å²) in [5.74, 6) is 1.07. The Morgan fingerprint density at radius 3 is 2.75 bits per heavy atom. The van der Waals surface area contributed by atoms with Crippen molar-refractivity contribution < 1.29 is 0 Å². The summed E-state index contributed by atoms with van der Waals surface area (Å²) in [5, 5.41) is 7.19. The zero-order chi connectivity index (χ0) is 16.8. The lowest BCUT2D eigenvalue weighted by atomic mass is 10.0. The molecule has 6 heteroatoms. The first kappa shape index (κ1) is 17.5. The van der Waals surface area contributed by atoms with Gasteiger partial charge in [-0.25, -0.2) is 0 Å². The van der Waals surface area contributed by atoms with E-state index >= 15 is 0 Å². The minimum atomic E-state index is 0.660. The van der Waals surface area contributed by atoms with Crippen LogP contribution < -0.4 is 10.2 Å². The number of hydrogen-bond acceptors (Lipinski definition) is 4. The maximum Gasteiger partial charge on any atom is 0.193 e. The van der Waals surface area contributed by atoms with Crippen molar-refractivity contribution in [3.05, 3.63) is 17.5 Å². The Kier molecular flexibility index (Phi) is 6.37. The zero-order valence-electron chi connectivity index (χ0n) is 15.1. The van der Waals surface area contributed by atoms with E-state index in [1.54, 1.807) is 0 Å². The van der Waals surface area contributed by atoms with Crippen LogP contribution in [0.3, 0.4) is 0 Å². The van der Waals surface area contributed by atoms with Crippen molar-refractivity contribution in [2.45, 2.75) is 32.2 Å². The number of anilines is 1. The third-order valence-electron chi connectivity index (χ3n) is 5.26. The number of nitrogens with one attached hydrogen (secondary N) is 1. The number of piperazine rings is 1. The van der Waals surface area contributed by atoms with Crippen LogP contribution in [0.25, 0.3) is 0 Å². The van der Waals surface area contributed by atoms with Gasteiger partial charge in [0.2, 0.25) is 0 Å². The predicted molar refractivity (Wildman–Crippen MR) is 104 cm³/mol. The smallest absolute Gasteiger partial charge is 0.193 e. The number of rotatable bonds is 4. The molecule has 0 aromatic carbocycles. The highest BCUT2D eigenvalue weighted by molar-refractivity contribution is 7.14. The van der Waals surface area contributed by atoms with Gasteiger partial charge in [-0.1, -0.05) is 13.3 Å². The molecular weight excluding hydrogens is 318 g/mol. The molecule has 1 atom stereocenters. The molecule has 0 spiro atoms. The van der Waals surface area contributed by atoms with Crippen LogP contribution in [0.15, 0.2) is 22.5 Å². The van der Waals surface area contributed by atoms with Crippen molar-refractivity contribution in [3.8, 4) is 0 Å². The van der Waals surface area contributed by atoms with Crippen LogP contribution in [0.4, 0.5) is 5.00 Å². The van der Waals surface area contributed by atoms with Crippen LogP contribution in [0.5, 0.6) is 0 Å². The quantitative estimate of drug-likeness (QED) is 0.668. The number of likely N-dealkylation sites (N-methyl/N-ethyl adjacent to an activating group) is 1. The summed E-state index contributed by atoms with van der Waals surface area (Å²) < 4.78 is 0. The summed E-state index contributed by atoms with van der Waals surface area (Å²) in [4.78, 5) is 12.0. The first-order valence-corrected chi connectivity index (χ1v) is 10.2. The van der Waals surface area contributed by atoms with E-state index in [0.717, 1.165) is 45.2 Å². The largest absolute Gasteiger partial charge is 0.360 e. The molecule has 24 heavy (non-hydrogen) atoms. The normalized spacial score (nSPS) is 23.6. The lowest BCUT2D eigenvalue weighted by Crippen LogP contribution is -2.55. The summed E-state index contributed by atoms with van der Waals surface area (Å²) in [6.07, 6.45) is 4.02.